The zero-order valence-corrected chi connectivity index (χ0v) is 22.0. The van der Waals surface area contributed by atoms with Gasteiger partial charge in [0, 0.05) is 25.7 Å². The van der Waals surface area contributed by atoms with Crippen molar-refractivity contribution in [3.05, 3.63) is 69.9 Å². The third-order valence-corrected chi connectivity index (χ3v) is 8.46. The first-order valence-corrected chi connectivity index (χ1v) is 13.4. The number of nitrogens with zero attached hydrogens (tertiary/aromatic N) is 6. The molecule has 1 aromatic carbocycles. The van der Waals surface area contributed by atoms with Gasteiger partial charge >= 0.3 is 0 Å². The summed E-state index contributed by atoms with van der Waals surface area (Å²) in [4.78, 5) is 22.4. The van der Waals surface area contributed by atoms with Crippen LogP contribution in [0.2, 0.25) is 5.15 Å². The molecule has 1 aliphatic carbocycles. The maximum absolute atomic E-state index is 13.7. The number of benzene rings is 1. The van der Waals surface area contributed by atoms with Crippen LogP contribution in [0.15, 0.2) is 36.7 Å². The van der Waals surface area contributed by atoms with Gasteiger partial charge in [-0.3, -0.25) is 14.6 Å². The third kappa shape index (κ3) is 4.02. The molecule has 2 fully saturated rings. The Balaban J connectivity index is 1.28. The van der Waals surface area contributed by atoms with Gasteiger partial charge in [0.05, 0.1) is 12.0 Å². The second-order valence-electron chi connectivity index (χ2n) is 11.3. The smallest absolute Gasteiger partial charge is 0.260 e. The minimum absolute atomic E-state index is 0.0142. The van der Waals surface area contributed by atoms with Gasteiger partial charge < -0.3 is 4.57 Å². The SMILES string of the molecule is CC1CC(c2ccc3c(c2)C(=O)N(c2cc(CN4CCC[C@H](C)C4)cc(Cl)n2)C3)(c2nncn2C)C1. The fourth-order valence-electron chi connectivity index (χ4n) is 6.63. The summed E-state index contributed by atoms with van der Waals surface area (Å²) in [6.45, 7) is 8.11. The predicted octanol–water partition coefficient (Wildman–Crippen LogP) is 4.97. The van der Waals surface area contributed by atoms with E-state index in [0.717, 1.165) is 60.6 Å². The summed E-state index contributed by atoms with van der Waals surface area (Å²) in [6, 6.07) is 10.3. The molecule has 36 heavy (non-hydrogen) atoms. The summed E-state index contributed by atoms with van der Waals surface area (Å²) in [5.41, 5.74) is 3.83. The van der Waals surface area contributed by atoms with Crippen LogP contribution in [-0.2, 0) is 25.6 Å². The molecular weight excluding hydrogens is 472 g/mol. The average molecular weight is 505 g/mol. The Kier molecular flexibility index (Phi) is 5.88. The summed E-state index contributed by atoms with van der Waals surface area (Å²) in [5, 5.41) is 9.02. The number of carbonyl (C=O) groups is 1. The minimum atomic E-state index is -0.194. The molecule has 3 aliphatic rings. The Morgan fingerprint density at radius 3 is 2.69 bits per heavy atom. The molecule has 0 bridgehead atoms. The lowest BCUT2D eigenvalue weighted by Crippen LogP contribution is -2.43. The largest absolute Gasteiger partial charge is 0.320 e. The van der Waals surface area contributed by atoms with Crippen molar-refractivity contribution in [1.82, 2.24) is 24.6 Å². The molecule has 2 aliphatic heterocycles. The fourth-order valence-corrected chi connectivity index (χ4v) is 6.86. The Hall–Kier alpha value is -2.77. The van der Waals surface area contributed by atoms with E-state index in [-0.39, 0.29) is 11.3 Å². The standard InChI is InChI=1S/C28H33ClN6O/c1-18-5-4-8-34(14-18)15-20-9-24(29)31-25(10-20)35-16-21-6-7-22(11-23(21)26(35)36)28(12-19(2)13-28)27-32-30-17-33(27)3/h6-7,9-11,17-19H,4-5,8,12-16H2,1-3H3/t18-,19?,28?/m0/s1. The number of pyridine rings is 1. The van der Waals surface area contributed by atoms with E-state index in [1.807, 2.05) is 23.7 Å². The minimum Gasteiger partial charge on any atom is -0.320 e. The van der Waals surface area contributed by atoms with Gasteiger partial charge in [-0.1, -0.05) is 37.6 Å². The molecule has 0 unspecified atom stereocenters. The van der Waals surface area contributed by atoms with Crippen molar-refractivity contribution in [2.75, 3.05) is 18.0 Å². The molecular formula is C28H33ClN6O. The number of likely N-dealkylation sites (tertiary alicyclic amines) is 1. The molecule has 6 rings (SSSR count). The average Bonchev–Trinajstić information content (AvgIpc) is 3.39. The number of anilines is 1. The van der Waals surface area contributed by atoms with E-state index in [2.05, 4.69) is 52.1 Å². The lowest BCUT2D eigenvalue weighted by Gasteiger charge is -2.46. The zero-order valence-electron chi connectivity index (χ0n) is 21.2. The topological polar surface area (TPSA) is 67.2 Å². The second kappa shape index (κ2) is 8.96. The number of hydrogen-bond donors (Lipinski definition) is 0. The van der Waals surface area contributed by atoms with Gasteiger partial charge in [0.1, 0.15) is 23.1 Å². The van der Waals surface area contributed by atoms with Crippen molar-refractivity contribution in [1.29, 1.82) is 0 Å². The van der Waals surface area contributed by atoms with Crippen LogP contribution >= 0.6 is 11.6 Å². The first-order chi connectivity index (χ1) is 17.3. The summed E-state index contributed by atoms with van der Waals surface area (Å²) < 4.78 is 2.01. The van der Waals surface area contributed by atoms with E-state index in [1.54, 1.807) is 11.2 Å². The van der Waals surface area contributed by atoms with Crippen LogP contribution in [0.25, 0.3) is 0 Å². The number of halogens is 1. The molecule has 188 valence electrons. The monoisotopic (exact) mass is 504 g/mol. The molecule has 1 saturated carbocycles. The van der Waals surface area contributed by atoms with Crippen LogP contribution in [0.4, 0.5) is 5.82 Å². The van der Waals surface area contributed by atoms with Crippen LogP contribution < -0.4 is 4.90 Å². The summed E-state index contributed by atoms with van der Waals surface area (Å²) >= 11 is 6.45. The van der Waals surface area contributed by atoms with E-state index < -0.39 is 0 Å². The lowest BCUT2D eigenvalue weighted by atomic mass is 9.58. The summed E-state index contributed by atoms with van der Waals surface area (Å²) in [6.07, 6.45) is 6.28. The van der Waals surface area contributed by atoms with E-state index in [9.17, 15) is 4.79 Å². The van der Waals surface area contributed by atoms with E-state index in [1.165, 1.54) is 12.8 Å². The number of hydrogen-bond acceptors (Lipinski definition) is 5. The molecule has 8 heteroatoms. The van der Waals surface area contributed by atoms with Crippen molar-refractivity contribution in [2.45, 2.75) is 58.0 Å². The lowest BCUT2D eigenvalue weighted by molar-refractivity contribution is 0.0995. The van der Waals surface area contributed by atoms with Crippen molar-refractivity contribution >= 4 is 23.3 Å². The number of fused-ring (bicyclic) bond motifs is 1. The Labute approximate surface area is 217 Å². The van der Waals surface area contributed by atoms with Gasteiger partial charge in [-0.15, -0.1) is 10.2 Å². The maximum Gasteiger partial charge on any atom is 0.260 e. The van der Waals surface area contributed by atoms with Gasteiger partial charge in [-0.2, -0.15) is 0 Å². The van der Waals surface area contributed by atoms with E-state index in [0.29, 0.717) is 29.4 Å². The highest BCUT2D eigenvalue weighted by Gasteiger charge is 2.48. The van der Waals surface area contributed by atoms with Gasteiger partial charge in [0.15, 0.2) is 0 Å². The summed E-state index contributed by atoms with van der Waals surface area (Å²) in [5.74, 6) is 2.91. The molecule has 3 aromatic rings. The molecule has 1 amide bonds. The van der Waals surface area contributed by atoms with Crippen LogP contribution in [-0.4, -0.2) is 43.6 Å². The molecule has 7 nitrogen and oxygen atoms in total. The molecule has 0 radical (unpaired) electrons. The first-order valence-electron chi connectivity index (χ1n) is 13.0. The van der Waals surface area contributed by atoms with Crippen molar-refractivity contribution in [3.8, 4) is 0 Å². The molecule has 2 aromatic heterocycles. The second-order valence-corrected chi connectivity index (χ2v) is 11.7. The number of piperidine rings is 1. The van der Waals surface area contributed by atoms with Crippen molar-refractivity contribution in [3.63, 3.8) is 0 Å². The number of carbonyl (C=O) groups excluding carboxylic acids is 1. The van der Waals surface area contributed by atoms with Gasteiger partial charge in [-0.05, 0) is 79.0 Å². The van der Waals surface area contributed by atoms with Crippen molar-refractivity contribution < 1.29 is 4.79 Å². The van der Waals surface area contributed by atoms with Gasteiger partial charge in [-0.25, -0.2) is 4.98 Å². The van der Waals surface area contributed by atoms with Crippen LogP contribution in [0.1, 0.15) is 72.4 Å². The predicted molar refractivity (Wildman–Crippen MR) is 140 cm³/mol. The molecule has 0 spiro atoms. The van der Waals surface area contributed by atoms with Gasteiger partial charge in [0.2, 0.25) is 0 Å². The maximum atomic E-state index is 13.7. The highest BCUT2D eigenvalue weighted by Crippen LogP contribution is 2.52. The highest BCUT2D eigenvalue weighted by atomic mass is 35.5. The van der Waals surface area contributed by atoms with Crippen LogP contribution in [0, 0.1) is 11.8 Å². The Bertz CT molecular complexity index is 1310. The molecule has 1 saturated heterocycles. The van der Waals surface area contributed by atoms with Crippen LogP contribution in [0.3, 0.4) is 0 Å². The Morgan fingerprint density at radius 2 is 1.97 bits per heavy atom. The zero-order chi connectivity index (χ0) is 25.0. The first kappa shape index (κ1) is 23.6. The third-order valence-electron chi connectivity index (χ3n) is 8.26. The highest BCUT2D eigenvalue weighted by molar-refractivity contribution is 6.29. The fraction of sp³-hybridized carbons (Fsp3) is 0.500. The number of aromatic nitrogens is 4. The van der Waals surface area contributed by atoms with E-state index in [4.69, 9.17) is 11.6 Å². The number of amides is 1. The van der Waals surface area contributed by atoms with E-state index >= 15 is 0 Å². The quantitative estimate of drug-likeness (QED) is 0.459. The molecule has 4 heterocycles. The van der Waals surface area contributed by atoms with Gasteiger partial charge in [0.25, 0.3) is 5.91 Å². The Morgan fingerprint density at radius 1 is 1.14 bits per heavy atom. The van der Waals surface area contributed by atoms with Crippen molar-refractivity contribution in [2.24, 2.45) is 18.9 Å². The molecule has 1 atom stereocenters. The number of rotatable bonds is 5. The summed E-state index contributed by atoms with van der Waals surface area (Å²) in [7, 11) is 1.99. The molecule has 0 N–H and O–H groups in total. The number of aryl methyl sites for hydroxylation is 1. The van der Waals surface area contributed by atoms with Crippen LogP contribution in [0.5, 0.6) is 0 Å². The normalized spacial score (nSPS) is 26.2.